The molecule has 0 saturated heterocycles. The van der Waals surface area contributed by atoms with Gasteiger partial charge in [-0.05, 0) is 31.0 Å². The Kier molecular flexibility index (Phi) is 6.03. The topological polar surface area (TPSA) is 72.2 Å². The number of hydrogen-bond donors (Lipinski definition) is 2. The Morgan fingerprint density at radius 3 is 2.50 bits per heavy atom. The molecule has 1 unspecified atom stereocenters. The average Bonchev–Trinajstić information content (AvgIpc) is 2.35. The summed E-state index contributed by atoms with van der Waals surface area (Å²) >= 11 is 6.04. The standard InChI is InChI=1S/C14H19ClN2O2S/c1-10(2)11(3)17-20(18,19)14-7-6-12(5-4-8-16)9-13(14)15/h6-7,9-11,17H,8,16H2,1-3H3. The first-order chi connectivity index (χ1) is 9.27. The molecule has 0 fully saturated rings. The van der Waals surface area contributed by atoms with Crippen LogP contribution in [0.1, 0.15) is 26.3 Å². The minimum Gasteiger partial charge on any atom is -0.320 e. The fourth-order valence-corrected chi connectivity index (χ4v) is 3.33. The summed E-state index contributed by atoms with van der Waals surface area (Å²) in [5.74, 6) is 5.69. The molecule has 0 saturated carbocycles. The van der Waals surface area contributed by atoms with Crippen molar-refractivity contribution in [2.24, 2.45) is 11.7 Å². The van der Waals surface area contributed by atoms with E-state index in [2.05, 4.69) is 16.6 Å². The molecule has 20 heavy (non-hydrogen) atoms. The lowest BCUT2D eigenvalue weighted by atomic mass is 10.1. The van der Waals surface area contributed by atoms with Gasteiger partial charge in [0, 0.05) is 11.6 Å². The third-order valence-electron chi connectivity index (χ3n) is 2.90. The van der Waals surface area contributed by atoms with Crippen molar-refractivity contribution in [1.82, 2.24) is 4.72 Å². The van der Waals surface area contributed by atoms with Crippen molar-refractivity contribution in [2.75, 3.05) is 6.54 Å². The van der Waals surface area contributed by atoms with Crippen LogP contribution < -0.4 is 10.5 Å². The molecule has 0 aliphatic heterocycles. The molecule has 3 N–H and O–H groups in total. The van der Waals surface area contributed by atoms with Gasteiger partial charge in [0.15, 0.2) is 0 Å². The largest absolute Gasteiger partial charge is 0.320 e. The molecule has 0 heterocycles. The maximum absolute atomic E-state index is 12.2. The van der Waals surface area contributed by atoms with E-state index >= 15 is 0 Å². The molecule has 0 aliphatic carbocycles. The zero-order valence-corrected chi connectivity index (χ0v) is 13.3. The van der Waals surface area contributed by atoms with Gasteiger partial charge in [-0.25, -0.2) is 13.1 Å². The summed E-state index contributed by atoms with van der Waals surface area (Å²) < 4.78 is 27.1. The number of rotatable bonds is 4. The van der Waals surface area contributed by atoms with Gasteiger partial charge < -0.3 is 5.73 Å². The Balaban J connectivity index is 3.08. The third kappa shape index (κ3) is 4.50. The van der Waals surface area contributed by atoms with Crippen LogP contribution in [0.3, 0.4) is 0 Å². The Hall–Kier alpha value is -1.06. The molecule has 0 bridgehead atoms. The predicted octanol–water partition coefficient (Wildman–Crippen LogP) is 1.97. The highest BCUT2D eigenvalue weighted by molar-refractivity contribution is 7.89. The van der Waals surface area contributed by atoms with Crippen LogP contribution in [-0.4, -0.2) is 21.0 Å². The first kappa shape index (κ1) is 17.0. The van der Waals surface area contributed by atoms with Crippen LogP contribution in [0.4, 0.5) is 0 Å². The van der Waals surface area contributed by atoms with Crippen LogP contribution in [0, 0.1) is 17.8 Å². The monoisotopic (exact) mass is 314 g/mol. The van der Waals surface area contributed by atoms with Gasteiger partial charge in [0.05, 0.1) is 11.6 Å². The number of halogens is 1. The molecule has 1 rings (SSSR count). The van der Waals surface area contributed by atoms with Crippen LogP contribution in [0.25, 0.3) is 0 Å². The minimum atomic E-state index is -3.63. The van der Waals surface area contributed by atoms with E-state index in [9.17, 15) is 8.42 Å². The quantitative estimate of drug-likeness (QED) is 0.835. The second-order valence-electron chi connectivity index (χ2n) is 4.81. The van der Waals surface area contributed by atoms with Crippen molar-refractivity contribution < 1.29 is 8.42 Å². The molecule has 0 radical (unpaired) electrons. The molecule has 4 nitrogen and oxygen atoms in total. The van der Waals surface area contributed by atoms with Gasteiger partial charge in [-0.3, -0.25) is 0 Å². The summed E-state index contributed by atoms with van der Waals surface area (Å²) in [5, 5.41) is 0.150. The van der Waals surface area contributed by atoms with Gasteiger partial charge in [0.2, 0.25) is 10.0 Å². The summed E-state index contributed by atoms with van der Waals surface area (Å²) in [6.45, 7) is 5.95. The van der Waals surface area contributed by atoms with Crippen LogP contribution in [0.5, 0.6) is 0 Å². The summed E-state index contributed by atoms with van der Waals surface area (Å²) in [6.07, 6.45) is 0. The number of nitrogens with two attached hydrogens (primary N) is 1. The van der Waals surface area contributed by atoms with E-state index in [1.807, 2.05) is 20.8 Å². The van der Waals surface area contributed by atoms with E-state index in [0.717, 1.165) is 0 Å². The second kappa shape index (κ2) is 7.09. The molecule has 110 valence electrons. The maximum atomic E-state index is 12.2. The zero-order chi connectivity index (χ0) is 15.3. The first-order valence-corrected chi connectivity index (χ1v) is 8.15. The molecule has 6 heteroatoms. The average molecular weight is 315 g/mol. The first-order valence-electron chi connectivity index (χ1n) is 6.28. The van der Waals surface area contributed by atoms with Crippen molar-refractivity contribution in [3.8, 4) is 11.8 Å². The lowest BCUT2D eigenvalue weighted by molar-refractivity contribution is 0.476. The Morgan fingerprint density at radius 1 is 1.35 bits per heavy atom. The van der Waals surface area contributed by atoms with Crippen molar-refractivity contribution in [2.45, 2.75) is 31.7 Å². The van der Waals surface area contributed by atoms with E-state index < -0.39 is 10.0 Å². The molecule has 0 amide bonds. The van der Waals surface area contributed by atoms with Gasteiger partial charge in [0.25, 0.3) is 0 Å². The maximum Gasteiger partial charge on any atom is 0.242 e. The zero-order valence-electron chi connectivity index (χ0n) is 11.8. The van der Waals surface area contributed by atoms with E-state index in [1.165, 1.54) is 12.1 Å². The van der Waals surface area contributed by atoms with Gasteiger partial charge >= 0.3 is 0 Å². The summed E-state index contributed by atoms with van der Waals surface area (Å²) in [7, 11) is -3.63. The predicted molar refractivity (Wildman–Crippen MR) is 82.0 cm³/mol. The fraction of sp³-hybridized carbons (Fsp3) is 0.429. The number of hydrogen-bond acceptors (Lipinski definition) is 3. The van der Waals surface area contributed by atoms with Crippen LogP contribution in [-0.2, 0) is 10.0 Å². The number of sulfonamides is 1. The lowest BCUT2D eigenvalue weighted by Crippen LogP contribution is -2.36. The normalized spacial score (nSPS) is 12.9. The summed E-state index contributed by atoms with van der Waals surface area (Å²) in [4.78, 5) is 0.0602. The van der Waals surface area contributed by atoms with E-state index in [1.54, 1.807) is 6.07 Å². The van der Waals surface area contributed by atoms with Gasteiger partial charge in [-0.15, -0.1) is 0 Å². The highest BCUT2D eigenvalue weighted by Gasteiger charge is 2.21. The molecule has 1 aromatic carbocycles. The molecule has 0 spiro atoms. The van der Waals surface area contributed by atoms with E-state index in [-0.39, 0.29) is 28.4 Å². The summed E-state index contributed by atoms with van der Waals surface area (Å²) in [6, 6.07) is 4.42. The molecular weight excluding hydrogens is 296 g/mol. The minimum absolute atomic E-state index is 0.0602. The smallest absolute Gasteiger partial charge is 0.242 e. The molecule has 1 aromatic rings. The van der Waals surface area contributed by atoms with Crippen LogP contribution in [0.15, 0.2) is 23.1 Å². The van der Waals surface area contributed by atoms with Gasteiger partial charge in [-0.2, -0.15) is 0 Å². The second-order valence-corrected chi connectivity index (χ2v) is 6.89. The van der Waals surface area contributed by atoms with E-state index in [4.69, 9.17) is 17.3 Å². The van der Waals surface area contributed by atoms with E-state index in [0.29, 0.717) is 5.56 Å². The Labute approximate surface area is 125 Å². The van der Waals surface area contributed by atoms with Crippen LogP contribution in [0.2, 0.25) is 5.02 Å². The van der Waals surface area contributed by atoms with Crippen molar-refractivity contribution in [3.63, 3.8) is 0 Å². The fourth-order valence-electron chi connectivity index (χ4n) is 1.39. The number of nitrogens with one attached hydrogen (secondary N) is 1. The van der Waals surface area contributed by atoms with Gasteiger partial charge in [-0.1, -0.05) is 37.3 Å². The lowest BCUT2D eigenvalue weighted by Gasteiger charge is -2.18. The van der Waals surface area contributed by atoms with Crippen molar-refractivity contribution >= 4 is 21.6 Å². The Morgan fingerprint density at radius 2 is 2.00 bits per heavy atom. The molecular formula is C14H19ClN2O2S. The SMILES string of the molecule is CC(C)C(C)NS(=O)(=O)c1ccc(C#CCN)cc1Cl. The highest BCUT2D eigenvalue weighted by Crippen LogP contribution is 2.23. The number of benzene rings is 1. The summed E-state index contributed by atoms with van der Waals surface area (Å²) in [5.41, 5.74) is 5.92. The van der Waals surface area contributed by atoms with Crippen LogP contribution >= 0.6 is 11.6 Å². The molecule has 0 aromatic heterocycles. The van der Waals surface area contributed by atoms with Gasteiger partial charge in [0.1, 0.15) is 4.90 Å². The molecule has 0 aliphatic rings. The highest BCUT2D eigenvalue weighted by atomic mass is 35.5. The Bertz CT molecular complexity index is 630. The van der Waals surface area contributed by atoms with Crippen molar-refractivity contribution in [3.05, 3.63) is 28.8 Å². The van der Waals surface area contributed by atoms with Crippen molar-refractivity contribution in [1.29, 1.82) is 0 Å². The molecule has 1 atom stereocenters. The third-order valence-corrected chi connectivity index (χ3v) is 4.94.